The Hall–Kier alpha value is -0.860. The topological polar surface area (TPSA) is 29.5 Å². The van der Waals surface area contributed by atoms with Crippen molar-refractivity contribution >= 4 is 0 Å². The molecule has 0 unspecified atom stereocenters. The molecule has 1 N–H and O–H groups in total. The minimum absolute atomic E-state index is 0.382. The maximum atomic E-state index is 9.08. The van der Waals surface area contributed by atoms with Crippen molar-refractivity contribution in [3.8, 4) is 0 Å². The van der Waals surface area contributed by atoms with Crippen LogP contribution in [-0.4, -0.2) is 18.3 Å². The summed E-state index contributed by atoms with van der Waals surface area (Å²) < 4.78 is 5.81. The minimum atomic E-state index is 0.382. The van der Waals surface area contributed by atoms with E-state index in [1.807, 2.05) is 6.07 Å². The molecule has 1 aromatic rings. The fourth-order valence-electron chi connectivity index (χ4n) is 3.14. The van der Waals surface area contributed by atoms with Gasteiger partial charge >= 0.3 is 0 Å². The summed E-state index contributed by atoms with van der Waals surface area (Å²) in [4.78, 5) is 0. The Morgan fingerprint density at radius 1 is 1.15 bits per heavy atom. The Kier molecular flexibility index (Phi) is 6.06. The van der Waals surface area contributed by atoms with Gasteiger partial charge in [-0.3, -0.25) is 0 Å². The van der Waals surface area contributed by atoms with E-state index in [4.69, 9.17) is 9.84 Å². The zero-order valence-corrected chi connectivity index (χ0v) is 12.8. The second-order valence-electron chi connectivity index (χ2n) is 6.62. The number of hydrogen-bond acceptors (Lipinski definition) is 2. The molecule has 4 atom stereocenters. The van der Waals surface area contributed by atoms with Crippen LogP contribution in [-0.2, 0) is 11.3 Å². The third-order valence-electron chi connectivity index (χ3n) is 4.33. The van der Waals surface area contributed by atoms with Crippen LogP contribution in [0.5, 0.6) is 0 Å². The van der Waals surface area contributed by atoms with Gasteiger partial charge in [0.05, 0.1) is 6.61 Å². The van der Waals surface area contributed by atoms with E-state index >= 15 is 0 Å². The molecule has 0 heterocycles. The Labute approximate surface area is 123 Å². The predicted octanol–water partition coefficient (Wildman–Crippen LogP) is 3.88. The van der Waals surface area contributed by atoms with E-state index in [2.05, 4.69) is 38.1 Å². The van der Waals surface area contributed by atoms with Crippen molar-refractivity contribution in [2.24, 2.45) is 23.7 Å². The zero-order valence-electron chi connectivity index (χ0n) is 12.8. The van der Waals surface area contributed by atoms with Crippen LogP contribution in [0.4, 0.5) is 0 Å². The van der Waals surface area contributed by atoms with Gasteiger partial charge < -0.3 is 9.84 Å². The SMILES string of the molecule is C[C@H](COCc1ccccc1)C[C@@H](C)C[C@H]1C[C@@H]1CO. The number of hydrogen-bond donors (Lipinski definition) is 1. The molecule has 1 saturated carbocycles. The van der Waals surface area contributed by atoms with E-state index in [1.54, 1.807) is 0 Å². The molecule has 1 aromatic carbocycles. The summed E-state index contributed by atoms with van der Waals surface area (Å²) in [5.74, 6) is 2.74. The standard InChI is InChI=1S/C18H28O2/c1-14(9-17-10-18(17)11-19)8-15(2)12-20-13-16-6-4-3-5-7-16/h3-7,14-15,17-19H,8-13H2,1-2H3/t14-,15+,17+,18-/m1/s1. The molecule has 112 valence electrons. The van der Waals surface area contributed by atoms with E-state index in [0.29, 0.717) is 18.4 Å². The lowest BCUT2D eigenvalue weighted by Crippen LogP contribution is -2.11. The van der Waals surface area contributed by atoms with Gasteiger partial charge in [-0.2, -0.15) is 0 Å². The molecule has 0 aromatic heterocycles. The van der Waals surface area contributed by atoms with E-state index < -0.39 is 0 Å². The van der Waals surface area contributed by atoms with E-state index in [0.717, 1.165) is 25.0 Å². The van der Waals surface area contributed by atoms with Crippen LogP contribution in [0.1, 0.15) is 38.7 Å². The highest BCUT2D eigenvalue weighted by atomic mass is 16.5. The third-order valence-corrected chi connectivity index (χ3v) is 4.33. The Bertz CT molecular complexity index is 376. The fourth-order valence-corrected chi connectivity index (χ4v) is 3.14. The van der Waals surface area contributed by atoms with E-state index in [1.165, 1.54) is 24.8 Å². The van der Waals surface area contributed by atoms with Gasteiger partial charge in [0.15, 0.2) is 0 Å². The fraction of sp³-hybridized carbons (Fsp3) is 0.667. The molecule has 0 radical (unpaired) electrons. The third kappa shape index (κ3) is 5.26. The quantitative estimate of drug-likeness (QED) is 0.741. The van der Waals surface area contributed by atoms with Crippen LogP contribution in [0.2, 0.25) is 0 Å². The van der Waals surface area contributed by atoms with Crippen LogP contribution in [0.3, 0.4) is 0 Å². The monoisotopic (exact) mass is 276 g/mol. The molecule has 0 spiro atoms. The second-order valence-corrected chi connectivity index (χ2v) is 6.62. The summed E-state index contributed by atoms with van der Waals surface area (Å²) in [6.45, 7) is 6.55. The summed E-state index contributed by atoms with van der Waals surface area (Å²) in [6, 6.07) is 10.4. The first kappa shape index (κ1) is 15.5. The van der Waals surface area contributed by atoms with Crippen molar-refractivity contribution in [2.75, 3.05) is 13.2 Å². The lowest BCUT2D eigenvalue weighted by atomic mass is 9.93. The molecule has 1 aliphatic rings. The van der Waals surface area contributed by atoms with Crippen LogP contribution in [0.25, 0.3) is 0 Å². The summed E-state index contributed by atoms with van der Waals surface area (Å²) in [5, 5.41) is 9.08. The highest BCUT2D eigenvalue weighted by Gasteiger charge is 2.36. The first-order valence-corrected chi connectivity index (χ1v) is 7.91. The Balaban J connectivity index is 1.57. The maximum absolute atomic E-state index is 9.08. The van der Waals surface area contributed by atoms with Gasteiger partial charge in [-0.15, -0.1) is 0 Å². The Morgan fingerprint density at radius 2 is 1.90 bits per heavy atom. The largest absolute Gasteiger partial charge is 0.396 e. The first-order chi connectivity index (χ1) is 9.69. The van der Waals surface area contributed by atoms with Crippen molar-refractivity contribution in [1.82, 2.24) is 0 Å². The van der Waals surface area contributed by atoms with Gasteiger partial charge in [-0.25, -0.2) is 0 Å². The molecule has 2 heteroatoms. The highest BCUT2D eigenvalue weighted by Crippen LogP contribution is 2.43. The molecule has 1 aliphatic carbocycles. The lowest BCUT2D eigenvalue weighted by Gasteiger charge is -2.17. The van der Waals surface area contributed by atoms with Gasteiger partial charge in [0.2, 0.25) is 0 Å². The van der Waals surface area contributed by atoms with Crippen LogP contribution in [0, 0.1) is 23.7 Å². The molecular weight excluding hydrogens is 248 g/mol. The molecule has 20 heavy (non-hydrogen) atoms. The number of aliphatic hydroxyl groups excluding tert-OH is 1. The average molecular weight is 276 g/mol. The van der Waals surface area contributed by atoms with E-state index in [-0.39, 0.29) is 0 Å². The van der Waals surface area contributed by atoms with Crippen molar-refractivity contribution in [3.63, 3.8) is 0 Å². The molecule has 2 rings (SSSR count). The Morgan fingerprint density at radius 3 is 2.55 bits per heavy atom. The molecule has 0 aliphatic heterocycles. The van der Waals surface area contributed by atoms with Gasteiger partial charge in [0.25, 0.3) is 0 Å². The second kappa shape index (κ2) is 7.80. The van der Waals surface area contributed by atoms with Crippen LogP contribution < -0.4 is 0 Å². The number of benzene rings is 1. The molecule has 2 nitrogen and oxygen atoms in total. The van der Waals surface area contributed by atoms with Crippen molar-refractivity contribution in [3.05, 3.63) is 35.9 Å². The summed E-state index contributed by atoms with van der Waals surface area (Å²) in [7, 11) is 0. The van der Waals surface area contributed by atoms with Gasteiger partial charge in [0.1, 0.15) is 0 Å². The highest BCUT2D eigenvalue weighted by molar-refractivity contribution is 5.13. The number of ether oxygens (including phenoxy) is 1. The van der Waals surface area contributed by atoms with Crippen molar-refractivity contribution < 1.29 is 9.84 Å². The first-order valence-electron chi connectivity index (χ1n) is 7.91. The molecular formula is C18H28O2. The number of rotatable bonds is 9. The van der Waals surface area contributed by atoms with Gasteiger partial charge in [-0.05, 0) is 48.5 Å². The van der Waals surface area contributed by atoms with Crippen molar-refractivity contribution in [1.29, 1.82) is 0 Å². The zero-order chi connectivity index (χ0) is 14.4. The average Bonchev–Trinajstić information content (AvgIpc) is 3.18. The molecule has 0 bridgehead atoms. The summed E-state index contributed by atoms with van der Waals surface area (Å²) in [5.41, 5.74) is 1.25. The van der Waals surface area contributed by atoms with Crippen LogP contribution in [0.15, 0.2) is 30.3 Å². The maximum Gasteiger partial charge on any atom is 0.0717 e. The smallest absolute Gasteiger partial charge is 0.0717 e. The normalized spacial score (nSPS) is 24.4. The number of aliphatic hydroxyl groups is 1. The van der Waals surface area contributed by atoms with Crippen LogP contribution >= 0.6 is 0 Å². The van der Waals surface area contributed by atoms with Crippen molar-refractivity contribution in [2.45, 2.75) is 39.7 Å². The molecule has 0 amide bonds. The summed E-state index contributed by atoms with van der Waals surface area (Å²) >= 11 is 0. The predicted molar refractivity (Wildman–Crippen MR) is 82.3 cm³/mol. The minimum Gasteiger partial charge on any atom is -0.396 e. The summed E-state index contributed by atoms with van der Waals surface area (Å²) in [6.07, 6.45) is 3.73. The molecule has 0 saturated heterocycles. The van der Waals surface area contributed by atoms with Gasteiger partial charge in [0, 0.05) is 13.2 Å². The van der Waals surface area contributed by atoms with Gasteiger partial charge in [-0.1, -0.05) is 44.2 Å². The van der Waals surface area contributed by atoms with E-state index in [9.17, 15) is 0 Å². The molecule has 1 fully saturated rings. The lowest BCUT2D eigenvalue weighted by molar-refractivity contribution is 0.0838.